The summed E-state index contributed by atoms with van der Waals surface area (Å²) in [4.78, 5) is 16.9. The van der Waals surface area contributed by atoms with E-state index in [-0.39, 0.29) is 5.82 Å². The Hall–Kier alpha value is -1.88. The minimum atomic E-state index is -3.92. The molecule has 0 saturated carbocycles. The van der Waals surface area contributed by atoms with Gasteiger partial charge in [-0.05, 0) is 31.0 Å². The molecule has 2 rings (SSSR count). The first-order valence-corrected chi connectivity index (χ1v) is 9.51. The highest BCUT2D eigenvalue weighted by molar-refractivity contribution is 7.84. The molecule has 0 radical (unpaired) electrons. The quantitative estimate of drug-likeness (QED) is 0.756. The van der Waals surface area contributed by atoms with Crippen LogP contribution in [0.3, 0.4) is 0 Å². The maximum Gasteiger partial charge on any atom is 0.336 e. The third-order valence-corrected chi connectivity index (χ3v) is 5.32. The van der Waals surface area contributed by atoms with Crippen molar-refractivity contribution in [1.82, 2.24) is 9.71 Å². The van der Waals surface area contributed by atoms with Gasteiger partial charge in [0.05, 0.1) is 5.69 Å². The number of benzene rings is 1. The van der Waals surface area contributed by atoms with Crippen LogP contribution in [0.1, 0.15) is 21.7 Å². The van der Waals surface area contributed by atoms with Gasteiger partial charge in [-0.1, -0.05) is 12.1 Å². The number of nitrogens with one attached hydrogen (secondary N) is 2. The van der Waals surface area contributed by atoms with Crippen molar-refractivity contribution in [1.29, 1.82) is 0 Å². The van der Waals surface area contributed by atoms with Gasteiger partial charge in [-0.15, -0.1) is 11.3 Å². The van der Waals surface area contributed by atoms with Crippen LogP contribution in [0.25, 0.3) is 0 Å². The first-order chi connectivity index (χ1) is 11.7. The van der Waals surface area contributed by atoms with Gasteiger partial charge < -0.3 is 0 Å². The van der Waals surface area contributed by atoms with Crippen LogP contribution < -0.4 is 10.0 Å². The zero-order chi connectivity index (χ0) is 18.6. The summed E-state index contributed by atoms with van der Waals surface area (Å²) in [5.74, 6) is -0.883. The fourth-order valence-electron chi connectivity index (χ4n) is 1.99. The van der Waals surface area contributed by atoms with Crippen molar-refractivity contribution in [2.45, 2.75) is 20.3 Å². The SMILES string of the molecule is CNS(=O)(=O)OCC(=O)Nc1nc(C)c(Cc2ccc(F)c(C)c2)s1. The van der Waals surface area contributed by atoms with E-state index in [1.807, 2.05) is 4.72 Å². The average Bonchev–Trinajstić information content (AvgIpc) is 2.88. The lowest BCUT2D eigenvalue weighted by Gasteiger charge is -2.03. The highest BCUT2D eigenvalue weighted by Crippen LogP contribution is 2.25. The van der Waals surface area contributed by atoms with Gasteiger partial charge in [-0.2, -0.15) is 13.1 Å². The average molecular weight is 387 g/mol. The molecule has 0 spiro atoms. The molecule has 0 bridgehead atoms. The summed E-state index contributed by atoms with van der Waals surface area (Å²) < 4.78 is 42.0. The van der Waals surface area contributed by atoms with E-state index in [4.69, 9.17) is 0 Å². The van der Waals surface area contributed by atoms with E-state index >= 15 is 0 Å². The largest absolute Gasteiger partial charge is 0.336 e. The minimum absolute atomic E-state index is 0.255. The number of amides is 1. The number of carbonyl (C=O) groups excluding carboxylic acids is 1. The number of aryl methyl sites for hydroxylation is 2. The van der Waals surface area contributed by atoms with Crippen LogP contribution in [0.4, 0.5) is 9.52 Å². The summed E-state index contributed by atoms with van der Waals surface area (Å²) in [6.07, 6.45) is 0.561. The second kappa shape index (κ2) is 8.00. The number of carbonyl (C=O) groups is 1. The summed E-state index contributed by atoms with van der Waals surface area (Å²) in [5, 5.41) is 2.85. The predicted molar refractivity (Wildman–Crippen MR) is 93.4 cm³/mol. The molecule has 1 aromatic heterocycles. The van der Waals surface area contributed by atoms with E-state index in [2.05, 4.69) is 14.5 Å². The zero-order valence-electron chi connectivity index (χ0n) is 13.9. The molecule has 1 heterocycles. The van der Waals surface area contributed by atoms with Crippen LogP contribution in [0, 0.1) is 19.7 Å². The van der Waals surface area contributed by atoms with Crippen molar-refractivity contribution >= 4 is 32.7 Å². The smallest absolute Gasteiger partial charge is 0.300 e. The number of anilines is 1. The van der Waals surface area contributed by atoms with Crippen LogP contribution >= 0.6 is 11.3 Å². The topological polar surface area (TPSA) is 97.4 Å². The third kappa shape index (κ3) is 5.56. The predicted octanol–water partition coefficient (Wildman–Crippen LogP) is 1.91. The first-order valence-electron chi connectivity index (χ1n) is 7.29. The van der Waals surface area contributed by atoms with E-state index in [1.54, 1.807) is 26.0 Å². The van der Waals surface area contributed by atoms with Crippen molar-refractivity contribution in [3.8, 4) is 0 Å². The Kier molecular flexibility index (Phi) is 6.22. The summed E-state index contributed by atoms with van der Waals surface area (Å²) in [6, 6.07) is 4.89. The Balaban J connectivity index is 2.01. The van der Waals surface area contributed by atoms with E-state index in [9.17, 15) is 17.6 Å². The minimum Gasteiger partial charge on any atom is -0.300 e. The number of hydrogen-bond donors (Lipinski definition) is 2. The Morgan fingerprint density at radius 3 is 2.72 bits per heavy atom. The lowest BCUT2D eigenvalue weighted by molar-refractivity contribution is -0.118. The Morgan fingerprint density at radius 2 is 2.08 bits per heavy atom. The zero-order valence-corrected chi connectivity index (χ0v) is 15.6. The van der Waals surface area contributed by atoms with Crippen LogP contribution in [0.5, 0.6) is 0 Å². The van der Waals surface area contributed by atoms with Gasteiger partial charge in [-0.25, -0.2) is 13.6 Å². The lowest BCUT2D eigenvalue weighted by atomic mass is 10.1. The van der Waals surface area contributed by atoms with Gasteiger partial charge >= 0.3 is 10.3 Å². The van der Waals surface area contributed by atoms with Gasteiger partial charge in [0.2, 0.25) is 0 Å². The van der Waals surface area contributed by atoms with E-state index < -0.39 is 22.8 Å². The third-order valence-electron chi connectivity index (χ3n) is 3.32. The standard InChI is InChI=1S/C15H18FN3O4S2/c1-9-6-11(4-5-12(9)16)7-13-10(2)18-15(24-13)19-14(20)8-23-25(21,22)17-3/h4-6,17H,7-8H2,1-3H3,(H,18,19,20). The molecule has 0 unspecified atom stereocenters. The molecule has 0 aliphatic rings. The molecule has 25 heavy (non-hydrogen) atoms. The van der Waals surface area contributed by atoms with Crippen LogP contribution in [0.2, 0.25) is 0 Å². The van der Waals surface area contributed by atoms with Crippen molar-refractivity contribution in [3.63, 3.8) is 0 Å². The molecule has 1 aromatic carbocycles. The molecule has 0 atom stereocenters. The Bertz CT molecular complexity index is 881. The highest BCUT2D eigenvalue weighted by atomic mass is 32.2. The van der Waals surface area contributed by atoms with Gasteiger partial charge in [-0.3, -0.25) is 10.1 Å². The monoisotopic (exact) mass is 387 g/mol. The molecule has 2 aromatic rings. The van der Waals surface area contributed by atoms with Crippen molar-refractivity contribution in [2.24, 2.45) is 0 Å². The number of aromatic nitrogens is 1. The van der Waals surface area contributed by atoms with Crippen molar-refractivity contribution in [3.05, 3.63) is 45.7 Å². The summed E-state index contributed by atoms with van der Waals surface area (Å²) in [6.45, 7) is 2.86. The van der Waals surface area contributed by atoms with E-state index in [1.165, 1.54) is 24.5 Å². The molecule has 0 fully saturated rings. The fourth-order valence-corrected chi connectivity index (χ4v) is 3.39. The number of nitrogens with zero attached hydrogens (tertiary/aromatic N) is 1. The summed E-state index contributed by atoms with van der Waals surface area (Å²) >= 11 is 1.27. The van der Waals surface area contributed by atoms with Crippen molar-refractivity contribution in [2.75, 3.05) is 19.0 Å². The molecule has 0 saturated heterocycles. The molecule has 0 aliphatic carbocycles. The number of thiazole rings is 1. The molecule has 136 valence electrons. The first kappa shape index (κ1) is 19.4. The van der Waals surface area contributed by atoms with Gasteiger partial charge in [0.15, 0.2) is 5.13 Å². The van der Waals surface area contributed by atoms with Crippen LogP contribution in [-0.4, -0.2) is 33.0 Å². The van der Waals surface area contributed by atoms with Gasteiger partial charge in [0.1, 0.15) is 12.4 Å². The van der Waals surface area contributed by atoms with Crippen LogP contribution in [0.15, 0.2) is 18.2 Å². The highest BCUT2D eigenvalue weighted by Gasteiger charge is 2.14. The molecular weight excluding hydrogens is 369 g/mol. The summed E-state index contributed by atoms with van der Waals surface area (Å²) in [5.41, 5.74) is 2.24. The normalized spacial score (nSPS) is 11.5. The van der Waals surface area contributed by atoms with Gasteiger partial charge in [0, 0.05) is 18.3 Å². The van der Waals surface area contributed by atoms with Crippen molar-refractivity contribution < 1.29 is 21.8 Å². The lowest BCUT2D eigenvalue weighted by Crippen LogP contribution is -2.27. The number of hydrogen-bond acceptors (Lipinski definition) is 6. The molecule has 1 amide bonds. The maximum atomic E-state index is 13.3. The van der Waals surface area contributed by atoms with Gasteiger partial charge in [0.25, 0.3) is 5.91 Å². The second-order valence-corrected chi connectivity index (χ2v) is 7.89. The Morgan fingerprint density at radius 1 is 1.36 bits per heavy atom. The Labute approximate surface area is 149 Å². The molecule has 7 nitrogen and oxygen atoms in total. The number of halogens is 1. The van der Waals surface area contributed by atoms with Crippen LogP contribution in [-0.2, 0) is 25.7 Å². The maximum absolute atomic E-state index is 13.3. The molecule has 0 aliphatic heterocycles. The van der Waals surface area contributed by atoms with E-state index in [0.29, 0.717) is 17.1 Å². The molecule has 2 N–H and O–H groups in total. The number of rotatable bonds is 7. The molecular formula is C15H18FN3O4S2. The fraction of sp³-hybridized carbons (Fsp3) is 0.333. The second-order valence-electron chi connectivity index (χ2n) is 5.26. The molecule has 10 heteroatoms. The van der Waals surface area contributed by atoms with E-state index in [0.717, 1.165) is 16.1 Å². The summed E-state index contributed by atoms with van der Waals surface area (Å²) in [7, 11) is -2.74.